The molecule has 0 saturated heterocycles. The summed E-state index contributed by atoms with van der Waals surface area (Å²) >= 11 is 0. The smallest absolute Gasteiger partial charge is 0.218 e. The molecule has 18 heavy (non-hydrogen) atoms. The minimum Gasteiger partial charge on any atom is -0.470 e. The van der Waals surface area contributed by atoms with Crippen LogP contribution in [-0.2, 0) is 6.54 Å². The Morgan fingerprint density at radius 1 is 1.17 bits per heavy atom. The Kier molecular flexibility index (Phi) is 3.95. The molecular formula is C15H18N2O. The second kappa shape index (κ2) is 5.65. The Morgan fingerprint density at radius 3 is 2.56 bits per heavy atom. The molecule has 1 aromatic carbocycles. The third-order valence-electron chi connectivity index (χ3n) is 2.86. The summed E-state index contributed by atoms with van der Waals surface area (Å²) < 4.78 is 5.91. The molecule has 0 aliphatic carbocycles. The number of rotatable bonds is 4. The van der Waals surface area contributed by atoms with Crippen molar-refractivity contribution in [2.75, 3.05) is 0 Å². The van der Waals surface area contributed by atoms with Gasteiger partial charge in [0.05, 0.1) is 0 Å². The van der Waals surface area contributed by atoms with Crippen LogP contribution in [0.5, 0.6) is 5.88 Å². The molecule has 1 heterocycles. The highest BCUT2D eigenvalue weighted by atomic mass is 16.5. The van der Waals surface area contributed by atoms with Crippen molar-refractivity contribution in [2.45, 2.75) is 26.5 Å². The van der Waals surface area contributed by atoms with Crippen molar-refractivity contribution in [2.24, 2.45) is 5.73 Å². The second-order valence-corrected chi connectivity index (χ2v) is 4.29. The number of nitrogens with zero attached hydrogens (tertiary/aromatic N) is 1. The van der Waals surface area contributed by atoms with Crippen molar-refractivity contribution in [1.29, 1.82) is 0 Å². The Balaban J connectivity index is 2.21. The van der Waals surface area contributed by atoms with Crippen LogP contribution in [0.3, 0.4) is 0 Å². The molecule has 1 atom stereocenters. The number of pyridine rings is 1. The fourth-order valence-electron chi connectivity index (χ4n) is 1.78. The molecule has 0 amide bonds. The topological polar surface area (TPSA) is 48.1 Å². The SMILES string of the molecule is Cc1ccc(CN)c(OC(C)c2ccccc2)n1. The molecule has 0 saturated carbocycles. The van der Waals surface area contributed by atoms with Crippen LogP contribution < -0.4 is 10.5 Å². The molecule has 0 bridgehead atoms. The fourth-order valence-corrected chi connectivity index (χ4v) is 1.78. The van der Waals surface area contributed by atoms with E-state index in [1.165, 1.54) is 0 Å². The minimum absolute atomic E-state index is 0.0363. The number of hydrogen-bond acceptors (Lipinski definition) is 3. The Labute approximate surface area is 108 Å². The number of aryl methyl sites for hydroxylation is 1. The van der Waals surface area contributed by atoms with Crippen LogP contribution in [-0.4, -0.2) is 4.98 Å². The van der Waals surface area contributed by atoms with Crippen LogP contribution in [0.25, 0.3) is 0 Å². The molecule has 0 fully saturated rings. The molecule has 2 aromatic rings. The summed E-state index contributed by atoms with van der Waals surface area (Å²) in [5.74, 6) is 0.633. The first kappa shape index (κ1) is 12.6. The van der Waals surface area contributed by atoms with E-state index in [1.54, 1.807) is 0 Å². The summed E-state index contributed by atoms with van der Waals surface area (Å²) in [5.41, 5.74) is 8.69. The van der Waals surface area contributed by atoms with Gasteiger partial charge in [-0.2, -0.15) is 0 Å². The van der Waals surface area contributed by atoms with Gasteiger partial charge in [-0.05, 0) is 25.5 Å². The summed E-state index contributed by atoms with van der Waals surface area (Å²) in [5, 5.41) is 0. The number of benzene rings is 1. The third kappa shape index (κ3) is 2.87. The molecule has 1 aromatic heterocycles. The van der Waals surface area contributed by atoms with E-state index in [0.717, 1.165) is 16.8 Å². The van der Waals surface area contributed by atoms with Gasteiger partial charge in [0, 0.05) is 17.8 Å². The molecule has 2 rings (SSSR count). The number of aromatic nitrogens is 1. The van der Waals surface area contributed by atoms with E-state index < -0.39 is 0 Å². The van der Waals surface area contributed by atoms with Crippen molar-refractivity contribution < 1.29 is 4.74 Å². The summed E-state index contributed by atoms with van der Waals surface area (Å²) in [6.07, 6.45) is -0.0363. The van der Waals surface area contributed by atoms with E-state index in [9.17, 15) is 0 Å². The highest BCUT2D eigenvalue weighted by Crippen LogP contribution is 2.23. The Hall–Kier alpha value is -1.87. The molecule has 3 nitrogen and oxygen atoms in total. The van der Waals surface area contributed by atoms with Crippen molar-refractivity contribution in [3.05, 3.63) is 59.3 Å². The summed E-state index contributed by atoms with van der Waals surface area (Å²) in [7, 11) is 0. The largest absolute Gasteiger partial charge is 0.470 e. The maximum atomic E-state index is 5.91. The third-order valence-corrected chi connectivity index (χ3v) is 2.86. The first-order valence-electron chi connectivity index (χ1n) is 6.09. The van der Waals surface area contributed by atoms with E-state index in [4.69, 9.17) is 10.5 Å². The van der Waals surface area contributed by atoms with Gasteiger partial charge >= 0.3 is 0 Å². The molecule has 2 N–H and O–H groups in total. The second-order valence-electron chi connectivity index (χ2n) is 4.29. The minimum atomic E-state index is -0.0363. The van der Waals surface area contributed by atoms with Gasteiger partial charge in [0.2, 0.25) is 5.88 Å². The van der Waals surface area contributed by atoms with Gasteiger partial charge in [-0.3, -0.25) is 0 Å². The van der Waals surface area contributed by atoms with E-state index in [-0.39, 0.29) is 6.10 Å². The highest BCUT2D eigenvalue weighted by molar-refractivity contribution is 5.29. The molecule has 94 valence electrons. The van der Waals surface area contributed by atoms with Crippen molar-refractivity contribution in [1.82, 2.24) is 4.98 Å². The molecule has 0 radical (unpaired) electrons. The van der Waals surface area contributed by atoms with Crippen molar-refractivity contribution in [3.63, 3.8) is 0 Å². The highest BCUT2D eigenvalue weighted by Gasteiger charge is 2.11. The number of nitrogens with two attached hydrogens (primary N) is 1. The summed E-state index contributed by atoms with van der Waals surface area (Å²) in [6.45, 7) is 4.39. The van der Waals surface area contributed by atoms with E-state index in [1.807, 2.05) is 56.3 Å². The monoisotopic (exact) mass is 242 g/mol. The molecule has 1 unspecified atom stereocenters. The Morgan fingerprint density at radius 2 is 1.89 bits per heavy atom. The van der Waals surface area contributed by atoms with Crippen molar-refractivity contribution >= 4 is 0 Å². The lowest BCUT2D eigenvalue weighted by molar-refractivity contribution is 0.214. The van der Waals surface area contributed by atoms with Gasteiger partial charge in [-0.25, -0.2) is 4.98 Å². The first-order chi connectivity index (χ1) is 8.70. The standard InChI is InChI=1S/C15H18N2O/c1-11-8-9-14(10-16)15(17-11)18-12(2)13-6-4-3-5-7-13/h3-9,12H,10,16H2,1-2H3. The predicted molar refractivity (Wildman–Crippen MR) is 72.4 cm³/mol. The first-order valence-corrected chi connectivity index (χ1v) is 6.09. The van der Waals surface area contributed by atoms with E-state index >= 15 is 0 Å². The van der Waals surface area contributed by atoms with Crippen LogP contribution in [0.15, 0.2) is 42.5 Å². The lowest BCUT2D eigenvalue weighted by atomic mass is 10.1. The van der Waals surface area contributed by atoms with Gasteiger partial charge in [0.25, 0.3) is 0 Å². The van der Waals surface area contributed by atoms with Gasteiger partial charge in [0.1, 0.15) is 6.10 Å². The predicted octanol–water partition coefficient (Wildman–Crippen LogP) is 2.99. The normalized spacial score (nSPS) is 12.2. The lowest BCUT2D eigenvalue weighted by Crippen LogP contribution is -2.08. The van der Waals surface area contributed by atoms with Crippen LogP contribution in [0.4, 0.5) is 0 Å². The van der Waals surface area contributed by atoms with E-state index in [0.29, 0.717) is 12.4 Å². The van der Waals surface area contributed by atoms with Gasteiger partial charge in [-0.1, -0.05) is 36.4 Å². The zero-order valence-corrected chi connectivity index (χ0v) is 10.8. The molecular weight excluding hydrogens is 224 g/mol. The zero-order valence-electron chi connectivity index (χ0n) is 10.8. The summed E-state index contributed by atoms with van der Waals surface area (Å²) in [4.78, 5) is 4.41. The van der Waals surface area contributed by atoms with Crippen LogP contribution in [0, 0.1) is 6.92 Å². The van der Waals surface area contributed by atoms with Crippen LogP contribution in [0.2, 0.25) is 0 Å². The molecule has 0 aliphatic rings. The van der Waals surface area contributed by atoms with Crippen LogP contribution in [0.1, 0.15) is 29.8 Å². The van der Waals surface area contributed by atoms with E-state index in [2.05, 4.69) is 4.98 Å². The Bertz CT molecular complexity index is 511. The zero-order chi connectivity index (χ0) is 13.0. The lowest BCUT2D eigenvalue weighted by Gasteiger charge is -2.16. The molecule has 0 aliphatic heterocycles. The average molecular weight is 242 g/mol. The fraction of sp³-hybridized carbons (Fsp3) is 0.267. The maximum absolute atomic E-state index is 5.91. The summed E-state index contributed by atoms with van der Waals surface area (Å²) in [6, 6.07) is 14.0. The van der Waals surface area contributed by atoms with Crippen LogP contribution >= 0.6 is 0 Å². The number of hydrogen-bond donors (Lipinski definition) is 1. The molecule has 0 spiro atoms. The van der Waals surface area contributed by atoms with Gasteiger partial charge in [0.15, 0.2) is 0 Å². The van der Waals surface area contributed by atoms with Crippen molar-refractivity contribution in [3.8, 4) is 5.88 Å². The maximum Gasteiger partial charge on any atom is 0.218 e. The van der Waals surface area contributed by atoms with Gasteiger partial charge < -0.3 is 10.5 Å². The average Bonchev–Trinajstić information content (AvgIpc) is 2.40. The molecule has 3 heteroatoms. The van der Waals surface area contributed by atoms with Gasteiger partial charge in [-0.15, -0.1) is 0 Å². The number of ether oxygens (including phenoxy) is 1. The quantitative estimate of drug-likeness (QED) is 0.896.